The second-order valence-electron chi connectivity index (χ2n) is 9.36. The Balaban J connectivity index is 1.44. The van der Waals surface area contributed by atoms with Crippen LogP contribution in [0.15, 0.2) is 110 Å². The molecule has 0 unspecified atom stereocenters. The molecule has 6 rings (SSSR count). The summed E-state index contributed by atoms with van der Waals surface area (Å²) in [6.07, 6.45) is 3.41. The SMILES string of the molecule is C=CCOc1ccc(-n2c(C)cc(C=Nn3c(-c4cc5cc(Br)ccc5o4)nc4ccccc4c3=O)c2C)cc1. The molecule has 7 nitrogen and oxygen atoms in total. The molecule has 6 aromatic rings. The number of fused-ring (bicyclic) bond motifs is 2. The van der Waals surface area contributed by atoms with Crippen molar-refractivity contribution in [2.45, 2.75) is 13.8 Å². The van der Waals surface area contributed by atoms with E-state index in [0.717, 1.165) is 38.2 Å². The highest BCUT2D eigenvalue weighted by molar-refractivity contribution is 9.10. The van der Waals surface area contributed by atoms with Crippen molar-refractivity contribution < 1.29 is 9.15 Å². The lowest BCUT2D eigenvalue weighted by molar-refractivity contribution is 0.363. The Labute approximate surface area is 238 Å². The summed E-state index contributed by atoms with van der Waals surface area (Å²) < 4.78 is 16.1. The molecule has 0 amide bonds. The van der Waals surface area contributed by atoms with Gasteiger partial charge in [0.05, 0.1) is 17.1 Å². The van der Waals surface area contributed by atoms with Crippen LogP contribution in [0, 0.1) is 13.8 Å². The number of aryl methyl sites for hydroxylation is 1. The maximum atomic E-state index is 13.6. The van der Waals surface area contributed by atoms with Crippen molar-refractivity contribution in [2.24, 2.45) is 5.10 Å². The Morgan fingerprint density at radius 3 is 2.65 bits per heavy atom. The lowest BCUT2D eigenvalue weighted by Gasteiger charge is -2.11. The van der Waals surface area contributed by atoms with E-state index in [1.165, 1.54) is 4.68 Å². The largest absolute Gasteiger partial charge is 0.490 e. The van der Waals surface area contributed by atoms with Crippen molar-refractivity contribution in [3.8, 4) is 23.0 Å². The van der Waals surface area contributed by atoms with Crippen LogP contribution in [0.25, 0.3) is 39.1 Å². The summed E-state index contributed by atoms with van der Waals surface area (Å²) in [4.78, 5) is 18.4. The van der Waals surface area contributed by atoms with Crippen molar-refractivity contribution in [1.29, 1.82) is 0 Å². The van der Waals surface area contributed by atoms with Crippen LogP contribution in [0.1, 0.15) is 17.0 Å². The quantitative estimate of drug-likeness (QED) is 0.143. The molecule has 0 fully saturated rings. The number of hydrogen-bond acceptors (Lipinski definition) is 5. The Morgan fingerprint density at radius 2 is 1.85 bits per heavy atom. The fraction of sp³-hybridized carbons (Fsp3) is 0.0938. The van der Waals surface area contributed by atoms with E-state index in [1.807, 2.05) is 86.6 Å². The summed E-state index contributed by atoms with van der Waals surface area (Å²) in [6.45, 7) is 8.20. The maximum Gasteiger partial charge on any atom is 0.282 e. The molecule has 3 heterocycles. The first-order chi connectivity index (χ1) is 19.4. The highest BCUT2D eigenvalue weighted by Gasteiger charge is 2.17. The summed E-state index contributed by atoms with van der Waals surface area (Å²) in [5.74, 6) is 1.56. The van der Waals surface area contributed by atoms with E-state index in [0.29, 0.717) is 34.7 Å². The van der Waals surface area contributed by atoms with Crippen molar-refractivity contribution in [2.75, 3.05) is 6.61 Å². The highest BCUT2D eigenvalue weighted by atomic mass is 79.9. The van der Waals surface area contributed by atoms with Crippen LogP contribution in [-0.2, 0) is 0 Å². The van der Waals surface area contributed by atoms with E-state index >= 15 is 0 Å². The monoisotopic (exact) mass is 592 g/mol. The molecule has 0 N–H and O–H groups in total. The van der Waals surface area contributed by atoms with Crippen LogP contribution in [0.4, 0.5) is 0 Å². The molecular weight excluding hydrogens is 568 g/mol. The molecule has 0 spiro atoms. The predicted octanol–water partition coefficient (Wildman–Crippen LogP) is 7.43. The Bertz CT molecular complexity index is 1980. The van der Waals surface area contributed by atoms with Gasteiger partial charge in [-0.1, -0.05) is 40.7 Å². The lowest BCUT2D eigenvalue weighted by Crippen LogP contribution is -2.20. The van der Waals surface area contributed by atoms with Gasteiger partial charge in [-0.05, 0) is 80.6 Å². The smallest absolute Gasteiger partial charge is 0.282 e. The first-order valence-electron chi connectivity index (χ1n) is 12.7. The van der Waals surface area contributed by atoms with E-state index in [1.54, 1.807) is 18.4 Å². The summed E-state index contributed by atoms with van der Waals surface area (Å²) in [5, 5.41) is 6.03. The minimum absolute atomic E-state index is 0.276. The number of furan rings is 1. The normalized spacial score (nSPS) is 11.6. The fourth-order valence-electron chi connectivity index (χ4n) is 4.80. The van der Waals surface area contributed by atoms with Gasteiger partial charge in [-0.15, -0.1) is 0 Å². The third-order valence-corrected chi connectivity index (χ3v) is 7.19. The van der Waals surface area contributed by atoms with E-state index in [2.05, 4.69) is 32.2 Å². The van der Waals surface area contributed by atoms with Crippen LogP contribution >= 0.6 is 15.9 Å². The second-order valence-corrected chi connectivity index (χ2v) is 10.3. The molecule has 0 aliphatic heterocycles. The van der Waals surface area contributed by atoms with E-state index in [4.69, 9.17) is 14.1 Å². The topological polar surface area (TPSA) is 74.6 Å². The summed E-state index contributed by atoms with van der Waals surface area (Å²) in [6, 6.07) is 24.8. The summed E-state index contributed by atoms with van der Waals surface area (Å²) >= 11 is 3.50. The van der Waals surface area contributed by atoms with Crippen molar-refractivity contribution in [3.63, 3.8) is 0 Å². The number of para-hydroxylation sites is 1. The predicted molar refractivity (Wildman–Crippen MR) is 163 cm³/mol. The average molecular weight is 593 g/mol. The molecule has 0 radical (unpaired) electrons. The van der Waals surface area contributed by atoms with Gasteiger partial charge < -0.3 is 13.7 Å². The Kier molecular flexibility index (Phi) is 6.69. The zero-order chi connectivity index (χ0) is 27.8. The molecule has 3 aromatic carbocycles. The van der Waals surface area contributed by atoms with E-state index in [-0.39, 0.29) is 5.56 Å². The standard InChI is InChI=1S/C32H25BrN4O3/c1-4-15-39-26-12-10-25(11-13-26)36-20(2)16-23(21(36)3)19-34-37-31(35-28-8-6-5-7-27(28)32(37)38)30-18-22-17-24(33)9-14-29(22)40-30/h4-14,16-19H,1,15H2,2-3H3. The van der Waals surface area contributed by atoms with Crippen LogP contribution in [-0.4, -0.2) is 27.0 Å². The number of nitrogens with zero attached hydrogens (tertiary/aromatic N) is 4. The summed E-state index contributed by atoms with van der Waals surface area (Å²) in [7, 11) is 0. The molecule has 3 aromatic heterocycles. The number of hydrogen-bond donors (Lipinski definition) is 0. The minimum atomic E-state index is -0.276. The van der Waals surface area contributed by atoms with Crippen LogP contribution < -0.4 is 10.3 Å². The van der Waals surface area contributed by atoms with Gasteiger partial charge in [-0.25, -0.2) is 4.98 Å². The number of ether oxygens (including phenoxy) is 1. The minimum Gasteiger partial charge on any atom is -0.490 e. The van der Waals surface area contributed by atoms with Crippen molar-refractivity contribution >= 4 is 44.0 Å². The van der Waals surface area contributed by atoms with Gasteiger partial charge in [0.15, 0.2) is 5.76 Å². The van der Waals surface area contributed by atoms with Crippen LogP contribution in [0.3, 0.4) is 0 Å². The van der Waals surface area contributed by atoms with Crippen molar-refractivity contribution in [1.82, 2.24) is 14.2 Å². The van der Waals surface area contributed by atoms with Gasteiger partial charge >= 0.3 is 0 Å². The molecule has 40 heavy (non-hydrogen) atoms. The number of benzene rings is 3. The van der Waals surface area contributed by atoms with Gasteiger partial charge in [-0.3, -0.25) is 4.79 Å². The third kappa shape index (κ3) is 4.67. The average Bonchev–Trinajstić information content (AvgIpc) is 3.50. The fourth-order valence-corrected chi connectivity index (χ4v) is 5.18. The molecule has 0 aliphatic rings. The third-order valence-electron chi connectivity index (χ3n) is 6.70. The number of rotatable bonds is 7. The molecular formula is C32H25BrN4O3. The number of halogens is 1. The van der Waals surface area contributed by atoms with Gasteiger partial charge in [-0.2, -0.15) is 9.78 Å². The van der Waals surface area contributed by atoms with Crippen molar-refractivity contribution in [3.05, 3.63) is 123 Å². The van der Waals surface area contributed by atoms with Gasteiger partial charge in [0, 0.05) is 32.5 Å². The Hall–Kier alpha value is -4.69. The molecule has 0 saturated heterocycles. The van der Waals surface area contributed by atoms with Gasteiger partial charge in [0.2, 0.25) is 5.82 Å². The number of aromatic nitrogens is 3. The Morgan fingerprint density at radius 1 is 1.05 bits per heavy atom. The molecule has 0 bridgehead atoms. The lowest BCUT2D eigenvalue weighted by atomic mass is 10.2. The van der Waals surface area contributed by atoms with Crippen LogP contribution in [0.5, 0.6) is 5.75 Å². The highest BCUT2D eigenvalue weighted by Crippen LogP contribution is 2.29. The maximum absolute atomic E-state index is 13.6. The molecule has 198 valence electrons. The zero-order valence-electron chi connectivity index (χ0n) is 22.0. The van der Waals surface area contributed by atoms with E-state index in [9.17, 15) is 4.79 Å². The first kappa shape index (κ1) is 25.6. The molecule has 0 aliphatic carbocycles. The van der Waals surface area contributed by atoms with E-state index < -0.39 is 0 Å². The van der Waals surface area contributed by atoms with Crippen LogP contribution in [0.2, 0.25) is 0 Å². The zero-order valence-corrected chi connectivity index (χ0v) is 23.6. The molecule has 0 atom stereocenters. The second kappa shape index (κ2) is 10.5. The van der Waals surface area contributed by atoms with Gasteiger partial charge in [0.25, 0.3) is 5.56 Å². The summed E-state index contributed by atoms with van der Waals surface area (Å²) in [5.41, 5.74) is 4.89. The molecule has 8 heteroatoms. The van der Waals surface area contributed by atoms with Gasteiger partial charge in [0.1, 0.15) is 17.9 Å². The first-order valence-corrected chi connectivity index (χ1v) is 13.5. The molecule has 0 saturated carbocycles.